The maximum absolute atomic E-state index is 13.0. The van der Waals surface area contributed by atoms with Gasteiger partial charge < -0.3 is 5.73 Å². The van der Waals surface area contributed by atoms with Crippen molar-refractivity contribution >= 4 is 38.9 Å². The second kappa shape index (κ2) is 8.12. The third kappa shape index (κ3) is 4.33. The van der Waals surface area contributed by atoms with Crippen molar-refractivity contribution in [2.24, 2.45) is 0 Å². The number of nitrogens with zero attached hydrogens (tertiary/aromatic N) is 3. The van der Waals surface area contributed by atoms with Gasteiger partial charge in [-0.15, -0.1) is 0 Å². The quantitative estimate of drug-likeness (QED) is 0.445. The van der Waals surface area contributed by atoms with Gasteiger partial charge in [-0.2, -0.15) is 36.7 Å². The zero-order valence-electron chi connectivity index (χ0n) is 15.6. The summed E-state index contributed by atoms with van der Waals surface area (Å²) in [4.78, 5) is -1.56. The molecule has 0 unspecified atom stereocenters. The van der Waals surface area contributed by atoms with Gasteiger partial charge in [-0.25, -0.2) is 13.1 Å². The van der Waals surface area contributed by atoms with Crippen LogP contribution in [0, 0.1) is 11.3 Å². The van der Waals surface area contributed by atoms with Gasteiger partial charge in [-0.3, -0.25) is 0 Å². The van der Waals surface area contributed by atoms with Gasteiger partial charge in [-0.05, 0) is 35.4 Å². The average Bonchev–Trinajstić information content (AvgIpc) is 3.02. The number of benzene rings is 2. The summed E-state index contributed by atoms with van der Waals surface area (Å²) in [6.45, 7) is 0. The fraction of sp³-hybridized carbons (Fsp3) is 0.111. The molecule has 0 atom stereocenters. The summed E-state index contributed by atoms with van der Waals surface area (Å²) in [5.41, 5.74) is -2.05. The predicted molar refractivity (Wildman–Crippen MR) is 106 cm³/mol. The summed E-state index contributed by atoms with van der Waals surface area (Å²) in [6, 6.07) is 7.58. The largest absolute Gasteiger partial charge is 0.502 e. The van der Waals surface area contributed by atoms with Gasteiger partial charge >= 0.3 is 11.7 Å². The van der Waals surface area contributed by atoms with Crippen molar-refractivity contribution in [3.63, 3.8) is 0 Å². The van der Waals surface area contributed by atoms with Crippen LogP contribution in [0.15, 0.2) is 41.3 Å². The van der Waals surface area contributed by atoms with Crippen LogP contribution in [0.25, 0.3) is 16.8 Å². The minimum atomic E-state index is -6.04. The zero-order chi connectivity index (χ0) is 24.9. The van der Waals surface area contributed by atoms with Crippen molar-refractivity contribution in [1.29, 1.82) is 5.26 Å². The number of nitrogen functional groups attached to an aromatic ring is 1. The molecule has 1 aromatic heterocycles. The Morgan fingerprint density at radius 3 is 1.91 bits per heavy atom. The number of alkyl halides is 6. The van der Waals surface area contributed by atoms with E-state index in [2.05, 4.69) is 5.10 Å². The predicted octanol–water partition coefficient (Wildman–Crippen LogP) is 5.61. The molecule has 3 aromatic rings. The summed E-state index contributed by atoms with van der Waals surface area (Å²) in [5.74, 6) is -1.06. The van der Waals surface area contributed by atoms with Gasteiger partial charge in [0, 0.05) is 0 Å². The highest BCUT2D eigenvalue weighted by Gasteiger charge is 2.51. The number of hydrogen-bond acceptors (Lipinski definition) is 5. The lowest BCUT2D eigenvalue weighted by atomic mass is 10.0. The van der Waals surface area contributed by atoms with E-state index in [-0.39, 0.29) is 26.9 Å². The molecular formula is C18H8Cl2F6N4O2S. The molecule has 2 N–H and O–H groups in total. The van der Waals surface area contributed by atoms with Gasteiger partial charge in [-0.1, -0.05) is 35.3 Å². The molecule has 15 heteroatoms. The number of aromatic nitrogens is 2. The highest BCUT2D eigenvalue weighted by Crippen LogP contribution is 2.40. The molecule has 174 valence electrons. The van der Waals surface area contributed by atoms with E-state index in [0.717, 1.165) is 24.3 Å². The van der Waals surface area contributed by atoms with E-state index in [4.69, 9.17) is 34.2 Å². The second-order valence-electron chi connectivity index (χ2n) is 6.40. The van der Waals surface area contributed by atoms with Crippen LogP contribution >= 0.6 is 23.2 Å². The minimum absolute atomic E-state index is 0.233. The van der Waals surface area contributed by atoms with Gasteiger partial charge in [0.1, 0.15) is 17.6 Å². The van der Waals surface area contributed by atoms with Crippen molar-refractivity contribution < 1.29 is 34.8 Å². The molecule has 0 aliphatic rings. The minimum Gasteiger partial charge on any atom is -0.382 e. The standard InChI is InChI=1S/C18H8Cl2F6N4O2S/c19-11-5-9(8-1-3-10(4-2-8)17(21,22)23)6-12(20)14(11)30-16(28)15(13(7-27)29-30)33(31,32)18(24,25)26/h1-6H,28H2. The molecule has 0 fully saturated rings. The molecule has 0 amide bonds. The van der Waals surface area contributed by atoms with Gasteiger partial charge in [0.25, 0.3) is 9.84 Å². The van der Waals surface area contributed by atoms with Crippen LogP contribution in [0.5, 0.6) is 0 Å². The molecule has 2 aromatic carbocycles. The molecule has 1 heterocycles. The average molecular weight is 529 g/mol. The number of sulfone groups is 1. The van der Waals surface area contributed by atoms with E-state index in [9.17, 15) is 34.8 Å². The van der Waals surface area contributed by atoms with Crippen LogP contribution in [-0.4, -0.2) is 23.7 Å². The molecule has 0 radical (unpaired) electrons. The van der Waals surface area contributed by atoms with Crippen LogP contribution < -0.4 is 5.73 Å². The van der Waals surface area contributed by atoms with Crippen LogP contribution in [0.1, 0.15) is 11.3 Å². The highest BCUT2D eigenvalue weighted by molar-refractivity contribution is 7.92. The number of nitrogens with two attached hydrogens (primary N) is 1. The third-order valence-electron chi connectivity index (χ3n) is 4.33. The van der Waals surface area contributed by atoms with E-state index in [1.165, 1.54) is 18.2 Å². The summed E-state index contributed by atoms with van der Waals surface area (Å²) < 4.78 is 101. The first kappa shape index (κ1) is 24.7. The molecule has 3 rings (SSSR count). The Labute approximate surface area is 191 Å². The summed E-state index contributed by atoms with van der Waals surface area (Å²) in [7, 11) is -6.04. The molecule has 0 aliphatic carbocycles. The molecule has 0 aliphatic heterocycles. The second-order valence-corrected chi connectivity index (χ2v) is 9.09. The lowest BCUT2D eigenvalue weighted by Gasteiger charge is -2.13. The summed E-state index contributed by atoms with van der Waals surface area (Å²) >= 11 is 12.3. The first-order valence-corrected chi connectivity index (χ1v) is 10.6. The number of halogens is 8. The van der Waals surface area contributed by atoms with Crippen molar-refractivity contribution in [2.45, 2.75) is 16.6 Å². The molecule has 0 bridgehead atoms. The number of nitriles is 1. The van der Waals surface area contributed by atoms with Crippen molar-refractivity contribution in [2.75, 3.05) is 5.73 Å². The summed E-state index contributed by atoms with van der Waals surface area (Å²) in [5, 5.41) is 12.0. The molecular weight excluding hydrogens is 521 g/mol. The Bertz CT molecular complexity index is 1370. The Balaban J connectivity index is 2.16. The lowest BCUT2D eigenvalue weighted by Crippen LogP contribution is -2.24. The van der Waals surface area contributed by atoms with Crippen LogP contribution in [0.3, 0.4) is 0 Å². The van der Waals surface area contributed by atoms with E-state index < -0.39 is 43.5 Å². The Morgan fingerprint density at radius 1 is 0.970 bits per heavy atom. The fourth-order valence-electron chi connectivity index (χ4n) is 2.83. The first-order valence-electron chi connectivity index (χ1n) is 8.36. The maximum Gasteiger partial charge on any atom is 0.502 e. The lowest BCUT2D eigenvalue weighted by molar-refractivity contribution is -0.137. The van der Waals surface area contributed by atoms with E-state index in [1.54, 1.807) is 0 Å². The molecule has 6 nitrogen and oxygen atoms in total. The van der Waals surface area contributed by atoms with Crippen LogP contribution in [-0.2, 0) is 16.0 Å². The van der Waals surface area contributed by atoms with Crippen molar-refractivity contribution in [3.05, 3.63) is 57.7 Å². The van der Waals surface area contributed by atoms with Crippen molar-refractivity contribution in [3.8, 4) is 22.9 Å². The van der Waals surface area contributed by atoms with Crippen LogP contribution in [0.4, 0.5) is 32.2 Å². The smallest absolute Gasteiger partial charge is 0.382 e. The Morgan fingerprint density at radius 2 is 1.48 bits per heavy atom. The van der Waals surface area contributed by atoms with Crippen LogP contribution in [0.2, 0.25) is 10.0 Å². The number of anilines is 1. The fourth-order valence-corrected chi connectivity index (χ4v) is 4.41. The Kier molecular flexibility index (Phi) is 6.08. The summed E-state index contributed by atoms with van der Waals surface area (Å²) in [6.07, 6.45) is -4.55. The van der Waals surface area contributed by atoms with Gasteiger partial charge in [0.2, 0.25) is 0 Å². The topological polar surface area (TPSA) is 102 Å². The number of hydrogen-bond donors (Lipinski definition) is 1. The van der Waals surface area contributed by atoms with E-state index >= 15 is 0 Å². The molecule has 0 saturated carbocycles. The molecule has 33 heavy (non-hydrogen) atoms. The van der Waals surface area contributed by atoms with E-state index in [1.807, 2.05) is 0 Å². The van der Waals surface area contributed by atoms with Crippen molar-refractivity contribution in [1.82, 2.24) is 9.78 Å². The number of rotatable bonds is 3. The van der Waals surface area contributed by atoms with E-state index in [0.29, 0.717) is 4.68 Å². The zero-order valence-corrected chi connectivity index (χ0v) is 18.0. The molecule has 0 spiro atoms. The Hall–Kier alpha value is -2.95. The normalized spacial score (nSPS) is 12.6. The molecule has 0 saturated heterocycles. The highest BCUT2D eigenvalue weighted by atomic mass is 35.5. The maximum atomic E-state index is 13.0. The third-order valence-corrected chi connectivity index (χ3v) is 6.46. The first-order chi connectivity index (χ1) is 15.1. The SMILES string of the molecule is N#Cc1nn(-c2c(Cl)cc(-c3ccc(C(F)(F)F)cc3)cc2Cl)c(N)c1S(=O)(=O)C(F)(F)F. The monoisotopic (exact) mass is 528 g/mol. The van der Waals surface area contributed by atoms with Gasteiger partial charge in [0.15, 0.2) is 10.6 Å². The van der Waals surface area contributed by atoms with Gasteiger partial charge in [0.05, 0.1) is 15.6 Å².